The van der Waals surface area contributed by atoms with Crippen LogP contribution < -0.4 is 10.6 Å². The second-order valence-corrected chi connectivity index (χ2v) is 12.2. The number of nitrogens with zero attached hydrogens (tertiary/aromatic N) is 6. The van der Waals surface area contributed by atoms with Gasteiger partial charge in [0.15, 0.2) is 5.84 Å². The molecule has 5 aliphatic heterocycles. The molecule has 1 spiro atoms. The number of hydrogen-bond acceptors (Lipinski definition) is 7. The summed E-state index contributed by atoms with van der Waals surface area (Å²) in [6.07, 6.45) is 12.0. The number of amidine groups is 1. The van der Waals surface area contributed by atoms with E-state index in [-0.39, 0.29) is 17.0 Å². The highest BCUT2D eigenvalue weighted by molar-refractivity contribution is 6.11. The maximum atomic E-state index is 6.92. The topological polar surface area (TPSA) is 83.5 Å². The van der Waals surface area contributed by atoms with E-state index in [0.29, 0.717) is 18.6 Å². The standard InChI is InChI=1S/C30H31N7/c31-27-21-6-2-1-5-18(21)11-29(27)12-19-14-30(15-20(13-29)37(19)30)25-17-33-26-23(35-25)16-34-28(26)36-10-4-7-22-24(36)8-3-9-32-22/h1-3,5-6,8-9,17,19-20,27H,4,7,10-16,31H2/t19-,20+,27-,29?,30?/m1/s1. The molecule has 6 aliphatic rings. The Labute approximate surface area is 216 Å². The van der Waals surface area contributed by atoms with E-state index in [9.17, 15) is 0 Å². The highest BCUT2D eigenvalue weighted by Crippen LogP contribution is 2.67. The summed E-state index contributed by atoms with van der Waals surface area (Å²) >= 11 is 0. The maximum Gasteiger partial charge on any atom is 0.156 e. The molecule has 0 amide bonds. The number of benzene rings is 1. The Morgan fingerprint density at radius 1 is 0.946 bits per heavy atom. The number of fused-ring (bicyclic) bond motifs is 3. The smallest absolute Gasteiger partial charge is 0.156 e. The molecule has 0 saturated carbocycles. The molecule has 2 N–H and O–H groups in total. The van der Waals surface area contributed by atoms with Crippen LogP contribution in [0, 0.1) is 5.41 Å². The first-order valence-electron chi connectivity index (χ1n) is 13.9. The second kappa shape index (κ2) is 7.03. The van der Waals surface area contributed by atoms with Crippen LogP contribution in [0.2, 0.25) is 0 Å². The monoisotopic (exact) mass is 489 g/mol. The molecule has 5 atom stereocenters. The normalized spacial score (nSPS) is 34.7. The van der Waals surface area contributed by atoms with Crippen molar-refractivity contribution in [3.63, 3.8) is 0 Å². The van der Waals surface area contributed by atoms with E-state index in [1.807, 2.05) is 12.3 Å². The Balaban J connectivity index is 0.976. The minimum Gasteiger partial charge on any atom is -0.323 e. The minimum atomic E-state index is 0.0823. The summed E-state index contributed by atoms with van der Waals surface area (Å²) < 4.78 is 0. The summed E-state index contributed by atoms with van der Waals surface area (Å²) in [5, 5.41) is 0. The molecule has 3 fully saturated rings. The van der Waals surface area contributed by atoms with E-state index in [4.69, 9.17) is 20.7 Å². The molecular formula is C30H31N7. The summed E-state index contributed by atoms with van der Waals surface area (Å²) in [5.41, 5.74) is 15.6. The summed E-state index contributed by atoms with van der Waals surface area (Å²) in [7, 11) is 0. The molecule has 9 rings (SSSR count). The van der Waals surface area contributed by atoms with Gasteiger partial charge in [-0.15, -0.1) is 0 Å². The zero-order valence-electron chi connectivity index (χ0n) is 21.0. The molecule has 37 heavy (non-hydrogen) atoms. The number of aliphatic imine (C=N–C) groups is 1. The van der Waals surface area contributed by atoms with Crippen molar-refractivity contribution >= 4 is 11.5 Å². The Morgan fingerprint density at radius 2 is 1.81 bits per heavy atom. The minimum absolute atomic E-state index is 0.0823. The molecular weight excluding hydrogens is 458 g/mol. The van der Waals surface area contributed by atoms with E-state index in [2.05, 4.69) is 51.3 Å². The van der Waals surface area contributed by atoms with Crippen LogP contribution >= 0.6 is 0 Å². The molecule has 1 aromatic carbocycles. The molecule has 0 radical (unpaired) electrons. The second-order valence-electron chi connectivity index (χ2n) is 12.2. The van der Waals surface area contributed by atoms with Crippen LogP contribution in [0.1, 0.15) is 72.0 Å². The Bertz CT molecular complexity index is 1480. The van der Waals surface area contributed by atoms with Crippen molar-refractivity contribution in [3.8, 4) is 0 Å². The van der Waals surface area contributed by atoms with Gasteiger partial charge in [0.2, 0.25) is 0 Å². The molecule has 3 aromatic rings. The van der Waals surface area contributed by atoms with Gasteiger partial charge in [0.05, 0.1) is 41.0 Å². The maximum absolute atomic E-state index is 6.92. The molecule has 186 valence electrons. The first-order valence-corrected chi connectivity index (χ1v) is 13.9. The fraction of sp³-hybridized carbons (Fsp3) is 0.467. The molecule has 1 aliphatic carbocycles. The Kier molecular flexibility index (Phi) is 3.96. The summed E-state index contributed by atoms with van der Waals surface area (Å²) in [4.78, 5) is 24.8. The predicted molar refractivity (Wildman–Crippen MR) is 141 cm³/mol. The number of hydrogen-bond donors (Lipinski definition) is 1. The summed E-state index contributed by atoms with van der Waals surface area (Å²) in [6.45, 7) is 1.58. The number of aromatic nitrogens is 3. The van der Waals surface area contributed by atoms with Crippen molar-refractivity contribution in [2.45, 2.75) is 75.2 Å². The van der Waals surface area contributed by atoms with Crippen LogP contribution in [-0.2, 0) is 24.9 Å². The van der Waals surface area contributed by atoms with Crippen molar-refractivity contribution in [3.05, 3.63) is 82.7 Å². The third-order valence-electron chi connectivity index (χ3n) is 10.4. The van der Waals surface area contributed by atoms with E-state index in [1.54, 1.807) is 0 Å². The lowest BCUT2D eigenvalue weighted by Crippen LogP contribution is -2.80. The fourth-order valence-electron chi connectivity index (χ4n) is 8.96. The zero-order chi connectivity index (χ0) is 24.4. The third kappa shape index (κ3) is 2.59. The number of piperidine rings is 2. The fourth-order valence-corrected chi connectivity index (χ4v) is 8.96. The third-order valence-corrected chi connectivity index (χ3v) is 10.4. The molecule has 7 heteroatoms. The highest BCUT2D eigenvalue weighted by atomic mass is 15.4. The number of anilines is 1. The number of rotatable bonds is 1. The number of aryl methyl sites for hydroxylation is 1. The average molecular weight is 490 g/mol. The van der Waals surface area contributed by atoms with Gasteiger partial charge in [0.1, 0.15) is 5.69 Å². The van der Waals surface area contributed by atoms with Crippen LogP contribution in [0.25, 0.3) is 0 Å². The number of pyridine rings is 1. The summed E-state index contributed by atoms with van der Waals surface area (Å²) in [6, 6.07) is 14.4. The zero-order valence-corrected chi connectivity index (χ0v) is 21.0. The first kappa shape index (κ1) is 20.8. The van der Waals surface area contributed by atoms with Crippen LogP contribution in [0.3, 0.4) is 0 Å². The van der Waals surface area contributed by atoms with Gasteiger partial charge in [-0.25, -0.2) is 9.97 Å². The molecule has 2 unspecified atom stereocenters. The van der Waals surface area contributed by atoms with Crippen molar-refractivity contribution < 1.29 is 0 Å². The van der Waals surface area contributed by atoms with Gasteiger partial charge in [-0.05, 0) is 73.6 Å². The van der Waals surface area contributed by atoms with Gasteiger partial charge >= 0.3 is 0 Å². The van der Waals surface area contributed by atoms with Crippen LogP contribution in [0.15, 0.2) is 53.8 Å². The van der Waals surface area contributed by atoms with Crippen LogP contribution in [0.4, 0.5) is 5.69 Å². The SMILES string of the molecule is N[C@@H]1c2ccccc2CC12C[C@@H]1CC3(c4cnc5c(n4)CN=C5N4CCCc5ncccc54)C[C@H](C2)N13. The van der Waals surface area contributed by atoms with E-state index in [1.165, 1.54) is 42.5 Å². The van der Waals surface area contributed by atoms with Gasteiger partial charge in [-0.2, -0.15) is 0 Å². The Hall–Kier alpha value is -3.16. The van der Waals surface area contributed by atoms with E-state index in [0.717, 1.165) is 54.4 Å². The van der Waals surface area contributed by atoms with Crippen molar-refractivity contribution in [1.82, 2.24) is 19.9 Å². The van der Waals surface area contributed by atoms with E-state index >= 15 is 0 Å². The van der Waals surface area contributed by atoms with Gasteiger partial charge in [0.25, 0.3) is 0 Å². The van der Waals surface area contributed by atoms with Crippen molar-refractivity contribution in [1.29, 1.82) is 0 Å². The van der Waals surface area contributed by atoms with Gasteiger partial charge in [-0.1, -0.05) is 24.3 Å². The first-order chi connectivity index (χ1) is 18.2. The van der Waals surface area contributed by atoms with Gasteiger partial charge in [0, 0.05) is 30.9 Å². The average Bonchev–Trinajstić information content (AvgIpc) is 3.44. The predicted octanol–water partition coefficient (Wildman–Crippen LogP) is 3.66. The lowest BCUT2D eigenvalue weighted by atomic mass is 9.52. The molecule has 7 nitrogen and oxygen atoms in total. The molecule has 2 aromatic heterocycles. The lowest BCUT2D eigenvalue weighted by molar-refractivity contribution is -0.253. The van der Waals surface area contributed by atoms with E-state index < -0.39 is 0 Å². The highest BCUT2D eigenvalue weighted by Gasteiger charge is 2.70. The van der Waals surface area contributed by atoms with Crippen molar-refractivity contribution in [2.75, 3.05) is 11.4 Å². The number of nitrogens with two attached hydrogens (primary N) is 1. The van der Waals surface area contributed by atoms with Crippen LogP contribution in [-0.4, -0.2) is 44.3 Å². The quantitative estimate of drug-likeness (QED) is 0.562. The molecule has 3 saturated heterocycles. The van der Waals surface area contributed by atoms with Crippen LogP contribution in [0.5, 0.6) is 0 Å². The largest absolute Gasteiger partial charge is 0.323 e. The van der Waals surface area contributed by atoms with Gasteiger partial charge in [-0.3, -0.25) is 14.9 Å². The van der Waals surface area contributed by atoms with Gasteiger partial charge < -0.3 is 10.6 Å². The molecule has 7 heterocycles. The lowest BCUT2D eigenvalue weighted by Gasteiger charge is -2.74. The summed E-state index contributed by atoms with van der Waals surface area (Å²) in [5.74, 6) is 0.966. The van der Waals surface area contributed by atoms with Crippen molar-refractivity contribution in [2.24, 2.45) is 16.1 Å². The molecule has 0 bridgehead atoms. The Morgan fingerprint density at radius 3 is 2.68 bits per heavy atom.